The Hall–Kier alpha value is -4.22. The molecule has 2 aliphatic heterocycles. The van der Waals surface area contributed by atoms with Gasteiger partial charge in [-0.05, 0) is 37.6 Å². The summed E-state index contributed by atoms with van der Waals surface area (Å²) in [6.07, 6.45) is 3.74. The van der Waals surface area contributed by atoms with Crippen molar-refractivity contribution in [3.05, 3.63) is 82.0 Å². The minimum Gasteiger partial charge on any atom is -0.496 e. The Morgan fingerprint density at radius 1 is 1.02 bits per heavy atom. The molecule has 0 radical (unpaired) electrons. The van der Waals surface area contributed by atoms with Crippen molar-refractivity contribution in [2.75, 3.05) is 33.9 Å². The van der Waals surface area contributed by atoms with Crippen molar-refractivity contribution in [1.82, 2.24) is 25.5 Å². The number of rotatable bonds is 12. The summed E-state index contributed by atoms with van der Waals surface area (Å²) < 4.78 is 11.4. The summed E-state index contributed by atoms with van der Waals surface area (Å²) in [5.74, 6) is 0.167. The molecule has 2 atom stereocenters. The maximum atomic E-state index is 11.5. The maximum absolute atomic E-state index is 11.5. The number of amides is 1. The van der Waals surface area contributed by atoms with Crippen LogP contribution in [-0.4, -0.2) is 71.7 Å². The summed E-state index contributed by atoms with van der Waals surface area (Å²) in [4.78, 5) is 34.4. The van der Waals surface area contributed by atoms with Gasteiger partial charge in [0, 0.05) is 78.2 Å². The molecule has 1 amide bonds. The second-order valence-corrected chi connectivity index (χ2v) is 12.8. The van der Waals surface area contributed by atoms with Gasteiger partial charge in [-0.15, -0.1) is 0 Å². The molecule has 4 heterocycles. The van der Waals surface area contributed by atoms with Gasteiger partial charge in [-0.3, -0.25) is 19.5 Å². The average Bonchev–Trinajstić information content (AvgIpc) is 3.74. The van der Waals surface area contributed by atoms with E-state index in [0.29, 0.717) is 72.1 Å². The number of carbonyl (C=O) groups is 2. The molecule has 0 bridgehead atoms. The number of benzene rings is 2. The molecular formula is C36H37Cl2N5O5. The monoisotopic (exact) mass is 689 g/mol. The number of halogens is 2. The summed E-state index contributed by atoms with van der Waals surface area (Å²) in [5.41, 5.74) is 6.07. The van der Waals surface area contributed by atoms with Crippen LogP contribution in [0.15, 0.2) is 60.8 Å². The molecule has 2 saturated heterocycles. The molecule has 3 N–H and O–H groups in total. The van der Waals surface area contributed by atoms with Gasteiger partial charge in [-0.2, -0.15) is 0 Å². The van der Waals surface area contributed by atoms with Crippen molar-refractivity contribution < 1.29 is 24.2 Å². The van der Waals surface area contributed by atoms with Gasteiger partial charge in [0.25, 0.3) is 0 Å². The third-order valence-corrected chi connectivity index (χ3v) is 9.74. The quantitative estimate of drug-likeness (QED) is 0.162. The first-order valence-electron chi connectivity index (χ1n) is 15.9. The second-order valence-electron chi connectivity index (χ2n) is 12.1. The van der Waals surface area contributed by atoms with E-state index in [9.17, 15) is 14.7 Å². The number of hydrogen-bond donors (Lipinski definition) is 3. The number of aromatic nitrogens is 2. The van der Waals surface area contributed by atoms with Gasteiger partial charge >= 0.3 is 5.97 Å². The number of ether oxygens (including phenoxy) is 2. The lowest BCUT2D eigenvalue weighted by atomic mass is 9.99. The van der Waals surface area contributed by atoms with Gasteiger partial charge in [-0.25, -0.2) is 4.98 Å². The van der Waals surface area contributed by atoms with Crippen molar-refractivity contribution in [3.8, 4) is 45.3 Å². The number of methoxy groups -OCH3 is 2. The number of carboxylic acids is 1. The van der Waals surface area contributed by atoms with E-state index in [0.717, 1.165) is 46.3 Å². The van der Waals surface area contributed by atoms with Crippen molar-refractivity contribution in [2.24, 2.45) is 5.92 Å². The maximum Gasteiger partial charge on any atom is 0.307 e. The van der Waals surface area contributed by atoms with Gasteiger partial charge in [0.1, 0.15) is 5.75 Å². The molecule has 2 aliphatic rings. The van der Waals surface area contributed by atoms with Crippen molar-refractivity contribution in [2.45, 2.75) is 38.4 Å². The van der Waals surface area contributed by atoms with Crippen LogP contribution in [0.3, 0.4) is 0 Å². The highest BCUT2D eigenvalue weighted by atomic mass is 35.5. The molecule has 0 saturated carbocycles. The van der Waals surface area contributed by atoms with Crippen LogP contribution in [0.4, 0.5) is 0 Å². The summed E-state index contributed by atoms with van der Waals surface area (Å²) in [5, 5.41) is 16.7. The van der Waals surface area contributed by atoms with Crippen LogP contribution in [0.1, 0.15) is 30.4 Å². The van der Waals surface area contributed by atoms with Gasteiger partial charge in [-0.1, -0.05) is 59.6 Å². The lowest BCUT2D eigenvalue weighted by Crippen LogP contribution is -2.35. The van der Waals surface area contributed by atoms with E-state index in [1.165, 1.54) is 0 Å². The Bertz CT molecular complexity index is 1840. The normalized spacial score (nSPS) is 17.8. The predicted octanol–water partition coefficient (Wildman–Crippen LogP) is 6.08. The van der Waals surface area contributed by atoms with E-state index >= 15 is 0 Å². The third kappa shape index (κ3) is 7.27. The summed E-state index contributed by atoms with van der Waals surface area (Å²) in [6, 6.07) is 17.4. The zero-order chi connectivity index (χ0) is 33.8. The number of hydrogen-bond acceptors (Lipinski definition) is 8. The lowest BCUT2D eigenvalue weighted by Gasteiger charge is -2.18. The van der Waals surface area contributed by atoms with Gasteiger partial charge in [0.05, 0.1) is 41.6 Å². The van der Waals surface area contributed by atoms with Crippen LogP contribution < -0.4 is 20.1 Å². The van der Waals surface area contributed by atoms with Gasteiger partial charge < -0.3 is 25.2 Å². The van der Waals surface area contributed by atoms with Gasteiger partial charge in [0.2, 0.25) is 11.8 Å². The zero-order valence-electron chi connectivity index (χ0n) is 26.8. The molecule has 2 fully saturated rings. The zero-order valence-corrected chi connectivity index (χ0v) is 28.3. The molecule has 6 rings (SSSR count). The summed E-state index contributed by atoms with van der Waals surface area (Å²) in [6.45, 7) is 3.04. The number of aliphatic carboxylic acids is 1. The topological polar surface area (TPSA) is 126 Å². The number of carbonyl (C=O) groups excluding carboxylic acids is 1. The third-order valence-electron chi connectivity index (χ3n) is 8.95. The van der Waals surface area contributed by atoms with Crippen molar-refractivity contribution in [3.63, 3.8) is 0 Å². The molecule has 48 heavy (non-hydrogen) atoms. The summed E-state index contributed by atoms with van der Waals surface area (Å²) >= 11 is 14.1. The first-order chi connectivity index (χ1) is 23.2. The number of carboxylic acid groups (broad SMARTS) is 1. The fourth-order valence-corrected chi connectivity index (χ4v) is 7.02. The molecule has 12 heteroatoms. The minimum absolute atomic E-state index is 0.0934. The Balaban J connectivity index is 1.23. The number of pyridine rings is 2. The Morgan fingerprint density at radius 3 is 2.54 bits per heavy atom. The van der Waals surface area contributed by atoms with Crippen LogP contribution in [0.2, 0.25) is 10.0 Å². The Kier molecular flexibility index (Phi) is 10.5. The summed E-state index contributed by atoms with van der Waals surface area (Å²) in [7, 11) is 3.21. The Labute approximate surface area is 289 Å². The number of nitrogens with zero attached hydrogens (tertiary/aromatic N) is 3. The molecule has 0 unspecified atom stereocenters. The number of likely N-dealkylation sites (tertiary alicyclic amines) is 1. The number of nitrogens with one attached hydrogen (secondary N) is 2. The van der Waals surface area contributed by atoms with Crippen molar-refractivity contribution in [1.29, 1.82) is 0 Å². The second kappa shape index (κ2) is 14.9. The fraction of sp³-hybridized carbons (Fsp3) is 0.333. The van der Waals surface area contributed by atoms with Gasteiger partial charge in [0.15, 0.2) is 0 Å². The molecule has 0 aliphatic carbocycles. The Morgan fingerprint density at radius 2 is 1.81 bits per heavy atom. The van der Waals surface area contributed by atoms with E-state index in [1.54, 1.807) is 20.4 Å². The molecule has 4 aromatic rings. The predicted molar refractivity (Wildman–Crippen MR) is 185 cm³/mol. The first kappa shape index (κ1) is 33.7. The van der Waals surface area contributed by atoms with Crippen molar-refractivity contribution >= 4 is 35.1 Å². The first-order valence-corrected chi connectivity index (χ1v) is 16.6. The highest BCUT2D eigenvalue weighted by Crippen LogP contribution is 2.42. The van der Waals surface area contributed by atoms with E-state index in [4.69, 9.17) is 37.7 Å². The van der Waals surface area contributed by atoms with Crippen LogP contribution in [-0.2, 0) is 22.7 Å². The molecule has 0 spiro atoms. The van der Waals surface area contributed by atoms with E-state index < -0.39 is 5.97 Å². The molecule has 2 aromatic heterocycles. The van der Waals surface area contributed by atoms with Crippen LogP contribution in [0.5, 0.6) is 11.6 Å². The highest BCUT2D eigenvalue weighted by molar-refractivity contribution is 6.39. The fourth-order valence-electron chi connectivity index (χ4n) is 6.37. The largest absolute Gasteiger partial charge is 0.496 e. The molecular weight excluding hydrogens is 653 g/mol. The van der Waals surface area contributed by atoms with E-state index in [-0.39, 0.29) is 17.9 Å². The van der Waals surface area contributed by atoms with E-state index in [2.05, 4.69) is 20.5 Å². The SMILES string of the molecule is COc1cc(-c2nccc(-c3cccc(-c4ccc(CNC[C@@H]5CCC(=O)N5)c(OC)n4)c3Cl)c2Cl)ccc1CN1CC[C@@H](C(=O)O)C1. The van der Waals surface area contributed by atoms with E-state index in [1.807, 2.05) is 54.6 Å². The molecule has 10 nitrogen and oxygen atoms in total. The van der Waals surface area contributed by atoms with Crippen LogP contribution in [0.25, 0.3) is 33.6 Å². The van der Waals surface area contributed by atoms with Crippen LogP contribution >= 0.6 is 23.2 Å². The lowest BCUT2D eigenvalue weighted by molar-refractivity contribution is -0.141. The smallest absolute Gasteiger partial charge is 0.307 e. The van der Waals surface area contributed by atoms with Crippen LogP contribution in [0, 0.1) is 5.92 Å². The standard InChI is InChI=1S/C36H37Cl2N5O5/c1-47-30-16-21(6-7-23(30)19-43-15-13-24(20-43)36(45)46)34-33(38)27(12-14-40-34)26-4-3-5-28(32(26)37)29-10-8-22(35(42-29)48-2)17-39-18-25-9-11-31(44)41-25/h3-8,10,12,14,16,24-25,39H,9,11,13,15,17-20H2,1-2H3,(H,41,44)(H,45,46)/t24-,25+/m1/s1. The molecule has 250 valence electrons. The molecule has 2 aromatic carbocycles. The minimum atomic E-state index is -0.753. The average molecular weight is 691 g/mol. The highest BCUT2D eigenvalue weighted by Gasteiger charge is 2.28.